The monoisotopic (exact) mass is 274 g/mol. The van der Waals surface area contributed by atoms with Crippen molar-refractivity contribution in [3.63, 3.8) is 0 Å². The molecule has 0 bridgehead atoms. The number of halogens is 2. The van der Waals surface area contributed by atoms with Gasteiger partial charge in [0.25, 0.3) is 5.92 Å². The Morgan fingerprint density at radius 1 is 0.600 bits per heavy atom. The van der Waals surface area contributed by atoms with Crippen LogP contribution in [-0.2, 0) is 11.3 Å². The molecule has 0 radical (unpaired) electrons. The summed E-state index contributed by atoms with van der Waals surface area (Å²) in [4.78, 5) is 0. The summed E-state index contributed by atoms with van der Waals surface area (Å²) < 4.78 is 26.3. The number of hydrogen-bond acceptors (Lipinski definition) is 0. The van der Waals surface area contributed by atoms with E-state index in [9.17, 15) is 8.78 Å². The highest BCUT2D eigenvalue weighted by Gasteiger charge is 2.23. The van der Waals surface area contributed by atoms with Gasteiger partial charge in [0.1, 0.15) is 0 Å². The molecule has 2 rings (SSSR count). The van der Waals surface area contributed by atoms with Crippen LogP contribution in [0.25, 0.3) is 11.1 Å². The molecule has 0 fully saturated rings. The maximum Gasteiger partial charge on any atom is 0.270 e. The highest BCUT2D eigenvalue weighted by Crippen LogP contribution is 2.30. The molecule has 2 aromatic carbocycles. The average Bonchev–Trinajstić information content (AvgIpc) is 2.37. The van der Waals surface area contributed by atoms with Crippen LogP contribution in [0.15, 0.2) is 48.5 Å². The first kappa shape index (κ1) is 14.7. The fourth-order valence-electron chi connectivity index (χ4n) is 2.12. The van der Waals surface area contributed by atoms with Gasteiger partial charge >= 0.3 is 0 Å². The molecule has 0 heterocycles. The minimum atomic E-state index is -2.78. The van der Waals surface area contributed by atoms with E-state index in [2.05, 4.69) is 32.9 Å². The third-order valence-electron chi connectivity index (χ3n) is 3.48. The molecule has 0 aliphatic carbocycles. The van der Waals surface area contributed by atoms with E-state index in [1.807, 2.05) is 12.1 Å². The van der Waals surface area contributed by atoms with Crippen LogP contribution < -0.4 is 0 Å². The third kappa shape index (κ3) is 3.24. The van der Waals surface area contributed by atoms with E-state index in [1.54, 1.807) is 12.1 Å². The van der Waals surface area contributed by atoms with Crippen molar-refractivity contribution in [3.8, 4) is 11.1 Å². The lowest BCUT2D eigenvalue weighted by atomic mass is 9.86. The van der Waals surface area contributed by atoms with Gasteiger partial charge < -0.3 is 0 Å². The van der Waals surface area contributed by atoms with Crippen LogP contribution in [0.2, 0.25) is 0 Å². The number of hydrogen-bond donors (Lipinski definition) is 0. The first-order chi connectivity index (χ1) is 9.18. The lowest BCUT2D eigenvalue weighted by molar-refractivity contribution is 0.0175. The lowest BCUT2D eigenvalue weighted by Gasteiger charge is -2.19. The minimum absolute atomic E-state index is 0.0487. The zero-order valence-corrected chi connectivity index (χ0v) is 12.4. The van der Waals surface area contributed by atoms with Gasteiger partial charge in [0.05, 0.1) is 0 Å². The Balaban J connectivity index is 2.29. The van der Waals surface area contributed by atoms with Crippen LogP contribution >= 0.6 is 0 Å². The van der Waals surface area contributed by atoms with Crippen LogP contribution in [0, 0.1) is 0 Å². The molecule has 20 heavy (non-hydrogen) atoms. The summed E-state index contributed by atoms with van der Waals surface area (Å²) in [5.41, 5.74) is 3.43. The van der Waals surface area contributed by atoms with Gasteiger partial charge in [-0.05, 0) is 22.1 Å². The van der Waals surface area contributed by atoms with Crippen LogP contribution in [0.4, 0.5) is 8.78 Å². The molecule has 2 heteroatoms. The van der Waals surface area contributed by atoms with Gasteiger partial charge in [-0.25, -0.2) is 8.78 Å². The number of alkyl halides is 2. The predicted octanol–water partition coefficient (Wildman–Crippen LogP) is 5.76. The molecule has 106 valence electrons. The first-order valence-electron chi connectivity index (χ1n) is 6.77. The first-order valence-corrected chi connectivity index (χ1v) is 6.77. The second-order valence-corrected chi connectivity index (χ2v) is 6.29. The normalized spacial score (nSPS) is 12.5. The van der Waals surface area contributed by atoms with Crippen molar-refractivity contribution in [1.82, 2.24) is 0 Å². The van der Waals surface area contributed by atoms with E-state index in [4.69, 9.17) is 0 Å². The Morgan fingerprint density at radius 3 is 1.25 bits per heavy atom. The van der Waals surface area contributed by atoms with E-state index in [0.29, 0.717) is 0 Å². The summed E-state index contributed by atoms with van der Waals surface area (Å²) in [6, 6.07) is 14.8. The molecule has 0 atom stereocenters. The van der Waals surface area contributed by atoms with Crippen molar-refractivity contribution in [2.45, 2.75) is 39.0 Å². The van der Waals surface area contributed by atoms with E-state index in [0.717, 1.165) is 18.1 Å². The van der Waals surface area contributed by atoms with Crippen molar-refractivity contribution in [2.24, 2.45) is 0 Å². The van der Waals surface area contributed by atoms with Crippen molar-refractivity contribution in [1.29, 1.82) is 0 Å². The molecule has 0 aliphatic rings. The molecule has 0 saturated heterocycles. The van der Waals surface area contributed by atoms with Gasteiger partial charge in [0.15, 0.2) is 0 Å². The third-order valence-corrected chi connectivity index (χ3v) is 3.48. The van der Waals surface area contributed by atoms with Gasteiger partial charge in [-0.3, -0.25) is 0 Å². The summed E-state index contributed by atoms with van der Waals surface area (Å²) >= 11 is 0. The lowest BCUT2D eigenvalue weighted by Crippen LogP contribution is -2.10. The Kier molecular flexibility index (Phi) is 3.68. The van der Waals surface area contributed by atoms with Crippen LogP contribution in [-0.4, -0.2) is 0 Å². The zero-order chi connectivity index (χ0) is 15.0. The maximum atomic E-state index is 13.2. The Hall–Kier alpha value is -1.70. The quantitative estimate of drug-likeness (QED) is 0.652. The summed E-state index contributed by atoms with van der Waals surface area (Å²) in [7, 11) is 0. The maximum absolute atomic E-state index is 13.2. The fraction of sp³-hybridized carbons (Fsp3) is 0.333. The largest absolute Gasteiger partial charge is 0.270 e. The van der Waals surface area contributed by atoms with Gasteiger partial charge in [0.2, 0.25) is 0 Å². The average molecular weight is 274 g/mol. The van der Waals surface area contributed by atoms with Gasteiger partial charge in [-0.1, -0.05) is 69.3 Å². The molecule has 0 N–H and O–H groups in total. The van der Waals surface area contributed by atoms with E-state index >= 15 is 0 Å². The SMILES string of the molecule is CC(C)(C)c1ccc(-c2ccc(C(C)(F)F)cc2)cc1. The second-order valence-electron chi connectivity index (χ2n) is 6.29. The molecule has 0 aliphatic heterocycles. The van der Waals surface area contributed by atoms with Crippen molar-refractivity contribution < 1.29 is 8.78 Å². The molecule has 0 spiro atoms. The van der Waals surface area contributed by atoms with Gasteiger partial charge in [-0.15, -0.1) is 0 Å². The molecule has 0 unspecified atom stereocenters. The van der Waals surface area contributed by atoms with Crippen molar-refractivity contribution in [2.75, 3.05) is 0 Å². The second kappa shape index (κ2) is 5.01. The van der Waals surface area contributed by atoms with Crippen molar-refractivity contribution >= 4 is 0 Å². The van der Waals surface area contributed by atoms with E-state index in [-0.39, 0.29) is 11.0 Å². The number of benzene rings is 2. The Labute approximate surface area is 119 Å². The molecule has 2 aromatic rings. The topological polar surface area (TPSA) is 0 Å². The number of rotatable bonds is 2. The summed E-state index contributed by atoms with van der Waals surface area (Å²) in [6.45, 7) is 7.42. The van der Waals surface area contributed by atoms with Crippen LogP contribution in [0.5, 0.6) is 0 Å². The van der Waals surface area contributed by atoms with Gasteiger partial charge in [0, 0.05) is 12.5 Å². The van der Waals surface area contributed by atoms with Gasteiger partial charge in [-0.2, -0.15) is 0 Å². The molecule has 0 nitrogen and oxygen atoms in total. The smallest absolute Gasteiger partial charge is 0.202 e. The summed E-state index contributed by atoms with van der Waals surface area (Å²) in [5, 5.41) is 0. The highest BCUT2D eigenvalue weighted by atomic mass is 19.3. The highest BCUT2D eigenvalue weighted by molar-refractivity contribution is 5.64. The molecule has 0 saturated carbocycles. The summed E-state index contributed by atoms with van der Waals surface area (Å²) in [5.74, 6) is -2.78. The fourth-order valence-corrected chi connectivity index (χ4v) is 2.12. The minimum Gasteiger partial charge on any atom is -0.202 e. The Morgan fingerprint density at radius 2 is 0.950 bits per heavy atom. The van der Waals surface area contributed by atoms with Crippen LogP contribution in [0.3, 0.4) is 0 Å². The van der Waals surface area contributed by atoms with Crippen LogP contribution in [0.1, 0.15) is 38.8 Å². The molecular weight excluding hydrogens is 254 g/mol. The van der Waals surface area contributed by atoms with E-state index in [1.165, 1.54) is 17.7 Å². The summed E-state index contributed by atoms with van der Waals surface area (Å²) in [6.07, 6.45) is 0. The predicted molar refractivity (Wildman–Crippen MR) is 80.1 cm³/mol. The standard InChI is InChI=1S/C18H20F2/c1-17(2,3)15-9-5-13(6-10-15)14-7-11-16(12-8-14)18(4,19)20/h5-12H,1-4H3. The van der Waals surface area contributed by atoms with Crippen molar-refractivity contribution in [3.05, 3.63) is 59.7 Å². The molecule has 0 aromatic heterocycles. The Bertz CT molecular complexity index is 511. The molecule has 0 amide bonds. The zero-order valence-electron chi connectivity index (χ0n) is 12.4. The van der Waals surface area contributed by atoms with E-state index < -0.39 is 5.92 Å². The molecular formula is C18H20F2.